The van der Waals surface area contributed by atoms with Gasteiger partial charge in [0.15, 0.2) is 0 Å². The molecule has 2 heterocycles. The van der Waals surface area contributed by atoms with Crippen molar-refractivity contribution in [3.63, 3.8) is 0 Å². The van der Waals surface area contributed by atoms with Gasteiger partial charge in [0.05, 0.1) is 12.1 Å². The number of pyridine rings is 1. The molecule has 5 heteroatoms. The van der Waals surface area contributed by atoms with Crippen molar-refractivity contribution in [2.24, 2.45) is 0 Å². The van der Waals surface area contributed by atoms with Gasteiger partial charge in [0.25, 0.3) is 0 Å². The average Bonchev–Trinajstić information content (AvgIpc) is 3.20. The van der Waals surface area contributed by atoms with Crippen molar-refractivity contribution in [3.05, 3.63) is 59.7 Å². The van der Waals surface area contributed by atoms with Crippen LogP contribution in [0.5, 0.6) is 0 Å². The Hall–Kier alpha value is -2.53. The second-order valence-corrected chi connectivity index (χ2v) is 7.91. The topological polar surface area (TPSA) is 54.9 Å². The number of carbonyl (C=O) groups is 1. The first-order chi connectivity index (χ1) is 13.3. The first kappa shape index (κ1) is 17.9. The highest BCUT2D eigenvalue weighted by Crippen LogP contribution is 2.28. The molecule has 4 nitrogen and oxygen atoms in total. The molecule has 0 spiro atoms. The minimum Gasteiger partial charge on any atom is -0.353 e. The van der Waals surface area contributed by atoms with Gasteiger partial charge in [-0.1, -0.05) is 43.5 Å². The van der Waals surface area contributed by atoms with E-state index in [2.05, 4.69) is 27.8 Å². The molecule has 1 amide bonds. The Morgan fingerprint density at radius 1 is 1.00 bits per heavy atom. The summed E-state index contributed by atoms with van der Waals surface area (Å²) in [6.07, 6.45) is 10.0. The van der Waals surface area contributed by atoms with E-state index >= 15 is 0 Å². The van der Waals surface area contributed by atoms with Crippen molar-refractivity contribution >= 4 is 17.2 Å². The summed E-state index contributed by atoms with van der Waals surface area (Å²) in [5.41, 5.74) is 4.15. The van der Waals surface area contributed by atoms with Crippen molar-refractivity contribution in [1.82, 2.24) is 15.3 Å². The molecule has 2 aromatic heterocycles. The first-order valence-corrected chi connectivity index (χ1v) is 10.4. The van der Waals surface area contributed by atoms with E-state index < -0.39 is 0 Å². The first-order valence-electron chi connectivity index (χ1n) is 9.52. The number of benzene rings is 1. The highest BCUT2D eigenvalue weighted by atomic mass is 32.1. The van der Waals surface area contributed by atoms with Crippen LogP contribution in [0.1, 0.15) is 37.7 Å². The van der Waals surface area contributed by atoms with Crippen molar-refractivity contribution in [2.45, 2.75) is 44.6 Å². The molecule has 1 fully saturated rings. The lowest BCUT2D eigenvalue weighted by Crippen LogP contribution is -2.37. The van der Waals surface area contributed by atoms with Crippen LogP contribution < -0.4 is 5.32 Å². The summed E-state index contributed by atoms with van der Waals surface area (Å²) in [5.74, 6) is 0.128. The summed E-state index contributed by atoms with van der Waals surface area (Å²) >= 11 is 1.63. The smallest absolute Gasteiger partial charge is 0.224 e. The van der Waals surface area contributed by atoms with E-state index in [4.69, 9.17) is 4.98 Å². The van der Waals surface area contributed by atoms with Gasteiger partial charge in [-0.15, -0.1) is 11.3 Å². The van der Waals surface area contributed by atoms with Crippen LogP contribution in [0.2, 0.25) is 0 Å². The molecule has 0 saturated heterocycles. The number of nitrogens with zero attached hydrogens (tertiary/aromatic N) is 2. The Balaban J connectivity index is 1.39. The average molecular weight is 378 g/mol. The van der Waals surface area contributed by atoms with Gasteiger partial charge in [0.2, 0.25) is 5.91 Å². The maximum absolute atomic E-state index is 12.3. The molecule has 1 aromatic carbocycles. The van der Waals surface area contributed by atoms with Crippen LogP contribution in [0.4, 0.5) is 0 Å². The van der Waals surface area contributed by atoms with Crippen molar-refractivity contribution in [3.8, 4) is 21.8 Å². The van der Waals surface area contributed by atoms with Crippen molar-refractivity contribution in [1.29, 1.82) is 0 Å². The lowest BCUT2D eigenvalue weighted by molar-refractivity contribution is -0.121. The van der Waals surface area contributed by atoms with Crippen LogP contribution >= 0.6 is 11.3 Å². The molecule has 1 saturated carbocycles. The molecular weight excluding hydrogens is 354 g/mol. The van der Waals surface area contributed by atoms with Crippen LogP contribution in [0.25, 0.3) is 21.8 Å². The number of rotatable bonds is 5. The summed E-state index contributed by atoms with van der Waals surface area (Å²) < 4.78 is 0. The van der Waals surface area contributed by atoms with Gasteiger partial charge in [0, 0.05) is 34.9 Å². The van der Waals surface area contributed by atoms with E-state index in [1.807, 2.05) is 24.3 Å². The van der Waals surface area contributed by atoms with Crippen LogP contribution in [0, 0.1) is 0 Å². The molecule has 3 aromatic rings. The van der Waals surface area contributed by atoms with Crippen LogP contribution in [-0.2, 0) is 11.2 Å². The van der Waals surface area contributed by atoms with Crippen LogP contribution in [0.15, 0.2) is 54.2 Å². The molecule has 1 N–H and O–H groups in total. The van der Waals surface area contributed by atoms with Crippen molar-refractivity contribution < 1.29 is 4.79 Å². The lowest BCUT2D eigenvalue weighted by Gasteiger charge is -2.22. The predicted octanol–water partition coefficient (Wildman–Crippen LogP) is 4.86. The number of nitrogens with one attached hydrogen (secondary N) is 1. The maximum Gasteiger partial charge on any atom is 0.224 e. The molecule has 27 heavy (non-hydrogen) atoms. The number of amides is 1. The summed E-state index contributed by atoms with van der Waals surface area (Å²) in [4.78, 5) is 21.0. The fourth-order valence-corrected chi connectivity index (χ4v) is 4.37. The minimum atomic E-state index is 0.128. The van der Waals surface area contributed by atoms with Crippen molar-refractivity contribution in [2.75, 3.05) is 0 Å². The van der Waals surface area contributed by atoms with E-state index in [0.717, 1.165) is 40.2 Å². The van der Waals surface area contributed by atoms with Gasteiger partial charge in [-0.2, -0.15) is 0 Å². The van der Waals surface area contributed by atoms with E-state index in [1.165, 1.54) is 19.3 Å². The van der Waals surface area contributed by atoms with Crippen LogP contribution in [-0.4, -0.2) is 21.9 Å². The number of hydrogen-bond acceptors (Lipinski definition) is 4. The van der Waals surface area contributed by atoms with E-state index in [0.29, 0.717) is 12.5 Å². The zero-order chi connectivity index (χ0) is 18.5. The molecule has 0 radical (unpaired) electrons. The molecule has 4 rings (SSSR count). The molecule has 0 atom stereocenters. The van der Waals surface area contributed by atoms with Gasteiger partial charge in [-0.05, 0) is 30.5 Å². The fraction of sp³-hybridized carbons (Fsp3) is 0.318. The number of hydrogen-bond donors (Lipinski definition) is 1. The van der Waals surface area contributed by atoms with E-state index in [-0.39, 0.29) is 5.91 Å². The molecular formula is C22H23N3OS. The van der Waals surface area contributed by atoms with Gasteiger partial charge >= 0.3 is 0 Å². The standard InChI is InChI=1S/C22H23N3OS/c26-21(24-19-4-2-1-3-5-19)14-16-6-8-17(9-7-16)20-15-27-22(25-20)18-10-12-23-13-11-18/h6-13,15,19H,1-5,14H2,(H,24,26). The lowest BCUT2D eigenvalue weighted by atomic mass is 9.95. The zero-order valence-corrected chi connectivity index (χ0v) is 16.0. The minimum absolute atomic E-state index is 0.128. The second kappa shape index (κ2) is 8.44. The Kier molecular flexibility index (Phi) is 5.58. The molecule has 0 unspecified atom stereocenters. The maximum atomic E-state index is 12.3. The summed E-state index contributed by atoms with van der Waals surface area (Å²) in [7, 11) is 0. The highest BCUT2D eigenvalue weighted by Gasteiger charge is 2.15. The molecule has 138 valence electrons. The highest BCUT2D eigenvalue weighted by molar-refractivity contribution is 7.13. The largest absolute Gasteiger partial charge is 0.353 e. The van der Waals surface area contributed by atoms with E-state index in [1.54, 1.807) is 23.7 Å². The Labute approximate surface area is 163 Å². The normalized spacial score (nSPS) is 14.8. The van der Waals surface area contributed by atoms with Gasteiger partial charge < -0.3 is 5.32 Å². The Morgan fingerprint density at radius 2 is 1.74 bits per heavy atom. The summed E-state index contributed by atoms with van der Waals surface area (Å²) in [6, 6.07) is 12.5. The fourth-order valence-electron chi connectivity index (χ4n) is 3.54. The Bertz CT molecular complexity index is 883. The molecule has 0 bridgehead atoms. The Morgan fingerprint density at radius 3 is 2.48 bits per heavy atom. The predicted molar refractivity (Wildman–Crippen MR) is 110 cm³/mol. The number of aromatic nitrogens is 2. The third-order valence-corrected chi connectivity index (χ3v) is 5.91. The molecule has 1 aliphatic carbocycles. The van der Waals surface area contributed by atoms with Gasteiger partial charge in [-0.3, -0.25) is 9.78 Å². The number of thiazole rings is 1. The molecule has 1 aliphatic rings. The quantitative estimate of drug-likeness (QED) is 0.690. The van der Waals surface area contributed by atoms with Gasteiger partial charge in [-0.25, -0.2) is 4.98 Å². The SMILES string of the molecule is O=C(Cc1ccc(-c2csc(-c3ccncc3)n2)cc1)NC1CCCCC1. The molecule has 0 aliphatic heterocycles. The third kappa shape index (κ3) is 4.61. The summed E-state index contributed by atoms with van der Waals surface area (Å²) in [6.45, 7) is 0. The monoisotopic (exact) mass is 377 g/mol. The van der Waals surface area contributed by atoms with E-state index in [9.17, 15) is 4.79 Å². The zero-order valence-electron chi connectivity index (χ0n) is 15.2. The number of carbonyl (C=O) groups excluding carboxylic acids is 1. The summed E-state index contributed by atoms with van der Waals surface area (Å²) in [5, 5.41) is 6.24. The van der Waals surface area contributed by atoms with Gasteiger partial charge in [0.1, 0.15) is 5.01 Å². The third-order valence-electron chi connectivity index (χ3n) is 5.02. The van der Waals surface area contributed by atoms with Crippen LogP contribution in [0.3, 0.4) is 0 Å². The second-order valence-electron chi connectivity index (χ2n) is 7.05.